The van der Waals surface area contributed by atoms with E-state index in [-0.39, 0.29) is 0 Å². The van der Waals surface area contributed by atoms with E-state index in [2.05, 4.69) is 35.2 Å². The van der Waals surface area contributed by atoms with E-state index in [9.17, 15) is 5.26 Å². The van der Waals surface area contributed by atoms with Crippen molar-refractivity contribution < 1.29 is 4.74 Å². The molecule has 0 bridgehead atoms. The molecule has 0 saturated heterocycles. The predicted molar refractivity (Wildman–Crippen MR) is 85.1 cm³/mol. The number of nitriles is 1. The highest BCUT2D eigenvalue weighted by atomic mass is 16.5. The SMILES string of the molecule is CCO[C@]1(C#N)CC[C@H](N(CCN)c2ccccc2)CC1. The van der Waals surface area contributed by atoms with Crippen molar-refractivity contribution in [1.29, 1.82) is 5.26 Å². The van der Waals surface area contributed by atoms with Gasteiger partial charge in [-0.1, -0.05) is 18.2 Å². The largest absolute Gasteiger partial charge is 0.367 e. The first-order chi connectivity index (χ1) is 10.2. The summed E-state index contributed by atoms with van der Waals surface area (Å²) >= 11 is 0. The third-order valence-electron chi connectivity index (χ3n) is 4.29. The lowest BCUT2D eigenvalue weighted by Crippen LogP contribution is -2.46. The Bertz CT molecular complexity index is 461. The number of anilines is 1. The average molecular weight is 287 g/mol. The van der Waals surface area contributed by atoms with Gasteiger partial charge in [-0.15, -0.1) is 0 Å². The van der Waals surface area contributed by atoms with Crippen LogP contribution in [0, 0.1) is 11.3 Å². The molecule has 2 rings (SSSR count). The Morgan fingerprint density at radius 2 is 2.00 bits per heavy atom. The minimum absolute atomic E-state index is 0.442. The van der Waals surface area contributed by atoms with Gasteiger partial charge in [0.2, 0.25) is 0 Å². The second kappa shape index (κ2) is 7.44. The lowest BCUT2D eigenvalue weighted by atomic mass is 9.82. The van der Waals surface area contributed by atoms with Crippen molar-refractivity contribution in [2.75, 3.05) is 24.6 Å². The van der Waals surface area contributed by atoms with Gasteiger partial charge in [-0.2, -0.15) is 5.26 Å². The number of ether oxygens (including phenoxy) is 1. The number of hydrogen-bond acceptors (Lipinski definition) is 4. The number of nitrogens with two attached hydrogens (primary N) is 1. The molecule has 1 aromatic rings. The maximum Gasteiger partial charge on any atom is 0.154 e. The van der Waals surface area contributed by atoms with Gasteiger partial charge in [0.25, 0.3) is 0 Å². The summed E-state index contributed by atoms with van der Waals surface area (Å²) in [6, 6.07) is 13.2. The Kier molecular flexibility index (Phi) is 5.60. The third-order valence-corrected chi connectivity index (χ3v) is 4.29. The van der Waals surface area contributed by atoms with Crippen molar-refractivity contribution in [2.45, 2.75) is 44.2 Å². The maximum atomic E-state index is 9.41. The molecule has 1 aromatic carbocycles. The van der Waals surface area contributed by atoms with Gasteiger partial charge in [0, 0.05) is 31.4 Å². The monoisotopic (exact) mass is 287 g/mol. The van der Waals surface area contributed by atoms with Crippen LogP contribution in [0.3, 0.4) is 0 Å². The first-order valence-corrected chi connectivity index (χ1v) is 7.81. The highest BCUT2D eigenvalue weighted by Gasteiger charge is 2.37. The highest BCUT2D eigenvalue weighted by molar-refractivity contribution is 5.47. The number of rotatable bonds is 6. The second-order valence-electron chi connectivity index (χ2n) is 5.59. The van der Waals surface area contributed by atoms with E-state index in [1.165, 1.54) is 5.69 Å². The topological polar surface area (TPSA) is 62.3 Å². The van der Waals surface area contributed by atoms with Gasteiger partial charge in [-0.3, -0.25) is 0 Å². The standard InChI is InChI=1S/C17H25N3O/c1-2-21-17(14-19)10-8-16(9-11-17)20(13-12-18)15-6-4-3-5-7-15/h3-7,16H,2,8-13,18H2,1H3/t16-,17+. The summed E-state index contributed by atoms with van der Waals surface area (Å²) in [6.45, 7) is 4.04. The van der Waals surface area contributed by atoms with Crippen LogP contribution in [0.4, 0.5) is 5.69 Å². The molecule has 1 fully saturated rings. The maximum absolute atomic E-state index is 9.41. The zero-order valence-corrected chi connectivity index (χ0v) is 12.8. The van der Waals surface area contributed by atoms with Crippen molar-refractivity contribution in [3.63, 3.8) is 0 Å². The number of para-hydroxylation sites is 1. The summed E-state index contributed by atoms with van der Waals surface area (Å²) in [5.74, 6) is 0. The van der Waals surface area contributed by atoms with Crippen LogP contribution >= 0.6 is 0 Å². The Labute approximate surface area is 127 Å². The first-order valence-electron chi connectivity index (χ1n) is 7.81. The van der Waals surface area contributed by atoms with Crippen molar-refractivity contribution in [1.82, 2.24) is 0 Å². The molecule has 0 amide bonds. The molecule has 4 nitrogen and oxygen atoms in total. The van der Waals surface area contributed by atoms with Crippen molar-refractivity contribution in [3.05, 3.63) is 30.3 Å². The molecule has 0 unspecified atom stereocenters. The summed E-state index contributed by atoms with van der Waals surface area (Å²) in [5, 5.41) is 9.41. The minimum atomic E-state index is -0.573. The summed E-state index contributed by atoms with van der Waals surface area (Å²) in [5.41, 5.74) is 6.43. The summed E-state index contributed by atoms with van der Waals surface area (Å²) in [7, 11) is 0. The van der Waals surface area contributed by atoms with Crippen LogP contribution in [-0.2, 0) is 4.74 Å². The van der Waals surface area contributed by atoms with E-state index in [0.717, 1.165) is 32.2 Å². The number of benzene rings is 1. The van der Waals surface area contributed by atoms with E-state index < -0.39 is 5.60 Å². The molecular formula is C17H25N3O. The van der Waals surface area contributed by atoms with Crippen LogP contribution in [-0.4, -0.2) is 31.3 Å². The molecule has 2 N–H and O–H groups in total. The van der Waals surface area contributed by atoms with Crippen molar-refractivity contribution >= 4 is 5.69 Å². The van der Waals surface area contributed by atoms with E-state index in [0.29, 0.717) is 19.2 Å². The molecule has 1 aliphatic carbocycles. The first kappa shape index (κ1) is 15.8. The Morgan fingerprint density at radius 1 is 1.33 bits per heavy atom. The molecule has 1 saturated carbocycles. The molecule has 0 heterocycles. The van der Waals surface area contributed by atoms with Crippen LogP contribution in [0.2, 0.25) is 0 Å². The lowest BCUT2D eigenvalue weighted by molar-refractivity contribution is -0.0241. The third kappa shape index (κ3) is 3.75. The van der Waals surface area contributed by atoms with Gasteiger partial charge >= 0.3 is 0 Å². The normalized spacial score (nSPS) is 25.3. The fraction of sp³-hybridized carbons (Fsp3) is 0.588. The molecule has 0 spiro atoms. The van der Waals surface area contributed by atoms with E-state index in [1.54, 1.807) is 0 Å². The number of hydrogen-bond donors (Lipinski definition) is 1. The van der Waals surface area contributed by atoms with E-state index in [1.807, 2.05) is 13.0 Å². The molecule has 0 radical (unpaired) electrons. The zero-order chi connectivity index (χ0) is 15.1. The molecule has 21 heavy (non-hydrogen) atoms. The molecule has 4 heteroatoms. The molecule has 114 valence electrons. The van der Waals surface area contributed by atoms with Crippen LogP contribution < -0.4 is 10.6 Å². The molecule has 0 aromatic heterocycles. The van der Waals surface area contributed by atoms with Crippen molar-refractivity contribution in [3.8, 4) is 6.07 Å². The van der Waals surface area contributed by atoms with E-state index >= 15 is 0 Å². The molecule has 0 atom stereocenters. The zero-order valence-electron chi connectivity index (χ0n) is 12.8. The summed E-state index contributed by atoms with van der Waals surface area (Å²) < 4.78 is 5.71. The highest BCUT2D eigenvalue weighted by Crippen LogP contribution is 2.35. The van der Waals surface area contributed by atoms with Crippen LogP contribution in [0.1, 0.15) is 32.6 Å². The smallest absolute Gasteiger partial charge is 0.154 e. The van der Waals surface area contributed by atoms with Gasteiger partial charge in [0.1, 0.15) is 0 Å². The Balaban J connectivity index is 2.06. The van der Waals surface area contributed by atoms with Crippen molar-refractivity contribution in [2.24, 2.45) is 5.73 Å². The van der Waals surface area contributed by atoms with E-state index in [4.69, 9.17) is 10.5 Å². The Morgan fingerprint density at radius 3 is 2.52 bits per heavy atom. The van der Waals surface area contributed by atoms with Crippen LogP contribution in [0.15, 0.2) is 30.3 Å². The summed E-state index contributed by atoms with van der Waals surface area (Å²) in [4.78, 5) is 2.38. The van der Waals surface area contributed by atoms with Gasteiger partial charge in [-0.05, 0) is 44.7 Å². The second-order valence-corrected chi connectivity index (χ2v) is 5.59. The fourth-order valence-corrected chi connectivity index (χ4v) is 3.23. The number of nitrogens with zero attached hydrogens (tertiary/aromatic N) is 2. The lowest BCUT2D eigenvalue weighted by Gasteiger charge is -2.41. The molecular weight excluding hydrogens is 262 g/mol. The quantitative estimate of drug-likeness (QED) is 0.874. The van der Waals surface area contributed by atoms with Crippen LogP contribution in [0.5, 0.6) is 0 Å². The van der Waals surface area contributed by atoms with Gasteiger partial charge in [-0.25, -0.2) is 0 Å². The summed E-state index contributed by atoms with van der Waals surface area (Å²) in [6.07, 6.45) is 3.55. The average Bonchev–Trinajstić information content (AvgIpc) is 2.55. The van der Waals surface area contributed by atoms with Gasteiger partial charge < -0.3 is 15.4 Å². The van der Waals surface area contributed by atoms with Gasteiger partial charge in [0.05, 0.1) is 6.07 Å². The molecule has 0 aliphatic heterocycles. The predicted octanol–water partition coefficient (Wildman–Crippen LogP) is 2.69. The van der Waals surface area contributed by atoms with Crippen LogP contribution in [0.25, 0.3) is 0 Å². The van der Waals surface area contributed by atoms with Gasteiger partial charge in [0.15, 0.2) is 5.60 Å². The minimum Gasteiger partial charge on any atom is -0.367 e. The fourth-order valence-electron chi connectivity index (χ4n) is 3.23. The Hall–Kier alpha value is -1.57. The molecule has 1 aliphatic rings.